The SMILES string of the molecule is COc1ccc(-c2nc3c(c(C(C)C)n2)CNC3)cc1. The van der Waals surface area contributed by atoms with Crippen LogP contribution in [-0.2, 0) is 13.1 Å². The first-order chi connectivity index (χ1) is 9.69. The topological polar surface area (TPSA) is 47.0 Å². The van der Waals surface area contributed by atoms with Crippen molar-refractivity contribution in [2.45, 2.75) is 32.9 Å². The number of nitrogens with one attached hydrogen (secondary N) is 1. The second kappa shape index (κ2) is 5.21. The molecule has 0 bridgehead atoms. The van der Waals surface area contributed by atoms with Gasteiger partial charge in [-0.1, -0.05) is 13.8 Å². The van der Waals surface area contributed by atoms with Crippen molar-refractivity contribution in [3.8, 4) is 17.1 Å². The molecule has 4 heteroatoms. The summed E-state index contributed by atoms with van der Waals surface area (Å²) < 4.78 is 5.19. The third-order valence-corrected chi connectivity index (χ3v) is 3.61. The Morgan fingerprint density at radius 2 is 1.85 bits per heavy atom. The number of hydrogen-bond donors (Lipinski definition) is 1. The summed E-state index contributed by atoms with van der Waals surface area (Å²) in [5, 5.41) is 3.36. The highest BCUT2D eigenvalue weighted by atomic mass is 16.5. The minimum Gasteiger partial charge on any atom is -0.497 e. The molecule has 1 aliphatic heterocycles. The standard InChI is InChI=1S/C16H19N3O/c1-10(2)15-13-8-17-9-14(13)18-16(19-15)11-4-6-12(20-3)7-5-11/h4-7,10,17H,8-9H2,1-3H3. The number of benzene rings is 1. The van der Waals surface area contributed by atoms with Crippen LogP contribution < -0.4 is 10.1 Å². The van der Waals surface area contributed by atoms with Crippen LogP contribution in [0.15, 0.2) is 24.3 Å². The number of hydrogen-bond acceptors (Lipinski definition) is 4. The minimum absolute atomic E-state index is 0.406. The predicted molar refractivity (Wildman–Crippen MR) is 78.7 cm³/mol. The van der Waals surface area contributed by atoms with Gasteiger partial charge in [-0.15, -0.1) is 0 Å². The van der Waals surface area contributed by atoms with Crippen molar-refractivity contribution >= 4 is 0 Å². The molecule has 20 heavy (non-hydrogen) atoms. The Bertz CT molecular complexity index is 620. The maximum Gasteiger partial charge on any atom is 0.159 e. The summed E-state index contributed by atoms with van der Waals surface area (Å²) in [5.74, 6) is 2.06. The third-order valence-electron chi connectivity index (χ3n) is 3.61. The lowest BCUT2D eigenvalue weighted by Gasteiger charge is -2.12. The Labute approximate surface area is 119 Å². The van der Waals surface area contributed by atoms with Crippen molar-refractivity contribution in [2.24, 2.45) is 0 Å². The number of ether oxygens (including phenoxy) is 1. The molecule has 0 saturated carbocycles. The highest BCUT2D eigenvalue weighted by Gasteiger charge is 2.20. The number of methoxy groups -OCH3 is 1. The Hall–Kier alpha value is -1.94. The fourth-order valence-electron chi connectivity index (χ4n) is 2.54. The van der Waals surface area contributed by atoms with E-state index < -0.39 is 0 Å². The average molecular weight is 269 g/mol. The van der Waals surface area contributed by atoms with Crippen LogP contribution in [0.4, 0.5) is 0 Å². The van der Waals surface area contributed by atoms with E-state index >= 15 is 0 Å². The van der Waals surface area contributed by atoms with Gasteiger partial charge in [-0.25, -0.2) is 9.97 Å². The maximum absolute atomic E-state index is 5.19. The van der Waals surface area contributed by atoms with Gasteiger partial charge in [0.15, 0.2) is 5.82 Å². The molecule has 4 nitrogen and oxygen atoms in total. The first-order valence-corrected chi connectivity index (χ1v) is 6.94. The Morgan fingerprint density at radius 1 is 1.10 bits per heavy atom. The van der Waals surface area contributed by atoms with Gasteiger partial charge in [0.2, 0.25) is 0 Å². The summed E-state index contributed by atoms with van der Waals surface area (Å²) in [6.07, 6.45) is 0. The fraction of sp³-hybridized carbons (Fsp3) is 0.375. The van der Waals surface area contributed by atoms with Crippen LogP contribution in [-0.4, -0.2) is 17.1 Å². The van der Waals surface area contributed by atoms with Gasteiger partial charge in [0, 0.05) is 24.2 Å². The molecular weight excluding hydrogens is 250 g/mol. The van der Waals surface area contributed by atoms with E-state index in [4.69, 9.17) is 14.7 Å². The zero-order chi connectivity index (χ0) is 14.1. The van der Waals surface area contributed by atoms with Gasteiger partial charge in [0.1, 0.15) is 5.75 Å². The van der Waals surface area contributed by atoms with E-state index in [0.29, 0.717) is 5.92 Å². The summed E-state index contributed by atoms with van der Waals surface area (Å²) in [6.45, 7) is 6.07. The number of fused-ring (bicyclic) bond motifs is 1. The van der Waals surface area contributed by atoms with E-state index in [1.165, 1.54) is 5.56 Å². The quantitative estimate of drug-likeness (QED) is 0.930. The third kappa shape index (κ3) is 2.27. The fourth-order valence-corrected chi connectivity index (χ4v) is 2.54. The van der Waals surface area contributed by atoms with Crippen molar-refractivity contribution < 1.29 is 4.74 Å². The molecule has 0 unspecified atom stereocenters. The van der Waals surface area contributed by atoms with Crippen molar-refractivity contribution in [3.05, 3.63) is 41.2 Å². The van der Waals surface area contributed by atoms with Gasteiger partial charge in [0.05, 0.1) is 18.5 Å². The molecule has 104 valence electrons. The molecule has 2 aromatic rings. The molecule has 0 radical (unpaired) electrons. The lowest BCUT2D eigenvalue weighted by atomic mass is 10.0. The van der Waals surface area contributed by atoms with Crippen LogP contribution in [0.2, 0.25) is 0 Å². The van der Waals surface area contributed by atoms with Gasteiger partial charge in [0.25, 0.3) is 0 Å². The lowest BCUT2D eigenvalue weighted by molar-refractivity contribution is 0.415. The number of rotatable bonds is 3. The van der Waals surface area contributed by atoms with Crippen LogP contribution in [0.1, 0.15) is 36.7 Å². The molecule has 1 aliphatic rings. The van der Waals surface area contributed by atoms with E-state index in [9.17, 15) is 0 Å². The minimum atomic E-state index is 0.406. The molecule has 0 aliphatic carbocycles. The molecule has 1 aromatic heterocycles. The smallest absolute Gasteiger partial charge is 0.159 e. The molecule has 2 heterocycles. The van der Waals surface area contributed by atoms with E-state index in [0.717, 1.165) is 41.6 Å². The molecule has 0 amide bonds. The van der Waals surface area contributed by atoms with E-state index in [2.05, 4.69) is 19.2 Å². The molecule has 0 fully saturated rings. The maximum atomic E-state index is 5.19. The summed E-state index contributed by atoms with van der Waals surface area (Å²) in [7, 11) is 1.67. The van der Waals surface area contributed by atoms with E-state index in [1.807, 2.05) is 24.3 Å². The molecule has 0 saturated heterocycles. The van der Waals surface area contributed by atoms with Crippen molar-refractivity contribution in [1.82, 2.24) is 15.3 Å². The van der Waals surface area contributed by atoms with E-state index in [-0.39, 0.29) is 0 Å². The largest absolute Gasteiger partial charge is 0.497 e. The number of nitrogens with zero attached hydrogens (tertiary/aromatic N) is 2. The molecule has 3 rings (SSSR count). The summed E-state index contributed by atoms with van der Waals surface area (Å²) in [4.78, 5) is 9.49. The van der Waals surface area contributed by atoms with Crippen molar-refractivity contribution in [2.75, 3.05) is 7.11 Å². The lowest BCUT2D eigenvalue weighted by Crippen LogP contribution is -2.05. The Kier molecular flexibility index (Phi) is 3.40. The Morgan fingerprint density at radius 3 is 2.50 bits per heavy atom. The van der Waals surface area contributed by atoms with Crippen LogP contribution >= 0.6 is 0 Å². The number of aromatic nitrogens is 2. The Balaban J connectivity index is 2.07. The molecule has 0 atom stereocenters. The first kappa shape index (κ1) is 13.1. The van der Waals surface area contributed by atoms with Gasteiger partial charge in [-0.05, 0) is 30.2 Å². The van der Waals surface area contributed by atoms with Gasteiger partial charge in [-0.2, -0.15) is 0 Å². The normalized spacial score (nSPS) is 13.6. The van der Waals surface area contributed by atoms with Gasteiger partial charge in [-0.3, -0.25) is 0 Å². The van der Waals surface area contributed by atoms with Gasteiger partial charge < -0.3 is 10.1 Å². The highest BCUT2D eigenvalue weighted by Crippen LogP contribution is 2.27. The zero-order valence-corrected chi connectivity index (χ0v) is 12.1. The van der Waals surface area contributed by atoms with E-state index in [1.54, 1.807) is 7.11 Å². The molecule has 0 spiro atoms. The monoisotopic (exact) mass is 269 g/mol. The van der Waals surface area contributed by atoms with Crippen molar-refractivity contribution in [1.29, 1.82) is 0 Å². The van der Waals surface area contributed by atoms with Crippen LogP contribution in [0, 0.1) is 0 Å². The molecule has 1 aromatic carbocycles. The van der Waals surface area contributed by atoms with Crippen LogP contribution in [0.5, 0.6) is 5.75 Å². The summed E-state index contributed by atoms with van der Waals surface area (Å²) >= 11 is 0. The van der Waals surface area contributed by atoms with Crippen LogP contribution in [0.25, 0.3) is 11.4 Å². The molecule has 1 N–H and O–H groups in total. The molecular formula is C16H19N3O. The second-order valence-electron chi connectivity index (χ2n) is 5.34. The second-order valence-corrected chi connectivity index (χ2v) is 5.34. The van der Waals surface area contributed by atoms with Gasteiger partial charge >= 0.3 is 0 Å². The van der Waals surface area contributed by atoms with Crippen molar-refractivity contribution in [3.63, 3.8) is 0 Å². The van der Waals surface area contributed by atoms with Crippen LogP contribution in [0.3, 0.4) is 0 Å². The summed E-state index contributed by atoms with van der Waals surface area (Å²) in [6, 6.07) is 7.90. The summed E-state index contributed by atoms with van der Waals surface area (Å²) in [5.41, 5.74) is 4.60. The zero-order valence-electron chi connectivity index (χ0n) is 12.1. The average Bonchev–Trinajstić information content (AvgIpc) is 2.94. The first-order valence-electron chi connectivity index (χ1n) is 6.94. The highest BCUT2D eigenvalue weighted by molar-refractivity contribution is 5.57. The predicted octanol–water partition coefficient (Wildman–Crippen LogP) is 2.88.